The third kappa shape index (κ3) is 0.337. The lowest BCUT2D eigenvalue weighted by Crippen LogP contribution is -2.27. The summed E-state index contributed by atoms with van der Waals surface area (Å²) in [6.45, 7) is 0. The van der Waals surface area contributed by atoms with Gasteiger partial charge in [0.2, 0.25) is 0 Å². The van der Waals surface area contributed by atoms with E-state index in [2.05, 4.69) is 6.07 Å². The van der Waals surface area contributed by atoms with E-state index in [0.29, 0.717) is 17.8 Å². The van der Waals surface area contributed by atoms with Crippen LogP contribution in [0.15, 0.2) is 0 Å². The lowest BCUT2D eigenvalue weighted by Gasteiger charge is -2.23. The van der Waals surface area contributed by atoms with E-state index in [0.717, 1.165) is 17.8 Å². The molecular weight excluding hydrogens is 138 g/mol. The average molecular weight is 147 g/mol. The fraction of sp³-hybridized carbons (Fsp3) is 0.889. The van der Waals surface area contributed by atoms with Gasteiger partial charge in [-0.15, -0.1) is 0 Å². The van der Waals surface area contributed by atoms with Gasteiger partial charge in [0.1, 0.15) is 0 Å². The van der Waals surface area contributed by atoms with Crippen molar-refractivity contribution in [2.75, 3.05) is 0 Å². The van der Waals surface area contributed by atoms with E-state index in [1.807, 2.05) is 0 Å². The Morgan fingerprint density at radius 1 is 0.909 bits per heavy atom. The van der Waals surface area contributed by atoms with E-state index < -0.39 is 0 Å². The monoisotopic (exact) mass is 147 g/mol. The summed E-state index contributed by atoms with van der Waals surface area (Å²) >= 11 is 0. The zero-order valence-corrected chi connectivity index (χ0v) is 6.01. The summed E-state index contributed by atoms with van der Waals surface area (Å²) < 4.78 is 0. The van der Waals surface area contributed by atoms with E-state index in [1.165, 1.54) is 0 Å². The lowest BCUT2D eigenvalue weighted by atomic mass is 9.86. The summed E-state index contributed by atoms with van der Waals surface area (Å²) in [5.74, 6) is 4.50. The summed E-state index contributed by atoms with van der Waals surface area (Å²) in [4.78, 5) is 0. The Labute approximate surface area is 64.8 Å². The van der Waals surface area contributed by atoms with Gasteiger partial charge in [-0.05, 0) is 29.6 Å². The highest BCUT2D eigenvalue weighted by atomic mass is 16.3. The minimum atomic E-state index is -0.0929. The fourth-order valence-corrected chi connectivity index (χ4v) is 3.83. The smallest absolute Gasteiger partial charge is 0.0663 e. The van der Waals surface area contributed by atoms with Crippen molar-refractivity contribution in [2.24, 2.45) is 41.4 Å². The first-order valence-corrected chi connectivity index (χ1v) is 4.44. The maximum absolute atomic E-state index is 9.70. The van der Waals surface area contributed by atoms with Crippen molar-refractivity contribution in [1.29, 1.82) is 5.26 Å². The normalized spacial score (nSPS) is 79.3. The third-order valence-electron chi connectivity index (χ3n) is 4.46. The van der Waals surface area contributed by atoms with E-state index >= 15 is 0 Å². The van der Waals surface area contributed by atoms with E-state index in [4.69, 9.17) is 5.26 Å². The number of fused-ring (bicyclic) bond motifs is 4. The molecule has 0 amide bonds. The van der Waals surface area contributed by atoms with Crippen molar-refractivity contribution in [3.63, 3.8) is 0 Å². The maximum Gasteiger partial charge on any atom is 0.0663 e. The Morgan fingerprint density at radius 3 is 2.18 bits per heavy atom. The molecule has 4 rings (SSSR count). The number of aliphatic hydroxyl groups is 1. The van der Waals surface area contributed by atoms with Gasteiger partial charge in [0, 0.05) is 5.92 Å². The molecule has 4 aliphatic rings. The first-order valence-electron chi connectivity index (χ1n) is 4.44. The van der Waals surface area contributed by atoms with Gasteiger partial charge in [0.25, 0.3) is 0 Å². The summed E-state index contributed by atoms with van der Waals surface area (Å²) in [5.41, 5.74) is 0. The SMILES string of the molecule is N#C[C@@H]1[C@@H]2C3C4C([C@@H]43)[C@H](O)[C@H]12. The molecule has 8 atom stereocenters. The standard InChI is InChI=1S/C9H9NO/c10-1-2-3-4(2)9(11)8-6-5(3)7(6)8/h2-9,11H/t2-,3+,4-,5?,6-,7?,8?,9-/m1/s1. The number of rotatable bonds is 0. The highest BCUT2D eigenvalue weighted by molar-refractivity contribution is 5.36. The van der Waals surface area contributed by atoms with Crippen molar-refractivity contribution < 1.29 is 5.11 Å². The molecule has 0 bridgehead atoms. The Morgan fingerprint density at radius 2 is 1.55 bits per heavy atom. The number of hydrogen-bond donors (Lipinski definition) is 1. The number of nitrogens with zero attached hydrogens (tertiary/aromatic N) is 1. The molecule has 0 spiro atoms. The molecular formula is C9H9NO. The summed E-state index contributed by atoms with van der Waals surface area (Å²) in [7, 11) is 0. The zero-order chi connectivity index (χ0) is 7.33. The molecule has 0 saturated heterocycles. The van der Waals surface area contributed by atoms with Crippen LogP contribution in [0, 0.1) is 52.8 Å². The Bertz CT molecular complexity index is 280. The van der Waals surface area contributed by atoms with Gasteiger partial charge in [-0.1, -0.05) is 0 Å². The van der Waals surface area contributed by atoms with Gasteiger partial charge < -0.3 is 5.11 Å². The predicted molar refractivity (Wildman–Crippen MR) is 36.0 cm³/mol. The Kier molecular flexibility index (Phi) is 0.529. The van der Waals surface area contributed by atoms with Crippen LogP contribution in [0.4, 0.5) is 0 Å². The molecule has 2 heteroatoms. The molecule has 56 valence electrons. The molecule has 3 unspecified atom stereocenters. The first-order chi connectivity index (χ1) is 5.36. The zero-order valence-electron chi connectivity index (χ0n) is 6.01. The molecule has 0 aromatic carbocycles. The number of nitriles is 1. The Balaban J connectivity index is 1.75. The van der Waals surface area contributed by atoms with Gasteiger partial charge in [-0.3, -0.25) is 0 Å². The van der Waals surface area contributed by atoms with Crippen LogP contribution in [0.1, 0.15) is 0 Å². The van der Waals surface area contributed by atoms with Crippen LogP contribution in [0.25, 0.3) is 0 Å². The number of hydrogen-bond acceptors (Lipinski definition) is 2. The second kappa shape index (κ2) is 1.13. The predicted octanol–water partition coefficient (Wildman–Crippen LogP) is 0.239. The van der Waals surface area contributed by atoms with Gasteiger partial charge in [-0.2, -0.15) is 5.26 Å². The summed E-state index contributed by atoms with van der Waals surface area (Å²) in [6.07, 6.45) is -0.0929. The van der Waals surface area contributed by atoms with Gasteiger partial charge >= 0.3 is 0 Å². The molecule has 0 aromatic heterocycles. The van der Waals surface area contributed by atoms with Crippen molar-refractivity contribution in [3.05, 3.63) is 0 Å². The second-order valence-corrected chi connectivity index (χ2v) is 4.61. The van der Waals surface area contributed by atoms with Crippen molar-refractivity contribution in [1.82, 2.24) is 0 Å². The minimum absolute atomic E-state index is 0.0929. The van der Waals surface area contributed by atoms with Crippen LogP contribution in [-0.4, -0.2) is 11.2 Å². The highest BCUT2D eigenvalue weighted by Gasteiger charge is 2.87. The van der Waals surface area contributed by atoms with E-state index in [9.17, 15) is 5.11 Å². The molecule has 0 aromatic rings. The molecule has 0 aliphatic heterocycles. The largest absolute Gasteiger partial charge is 0.392 e. The van der Waals surface area contributed by atoms with E-state index in [-0.39, 0.29) is 12.0 Å². The van der Waals surface area contributed by atoms with E-state index in [1.54, 1.807) is 0 Å². The lowest BCUT2D eigenvalue weighted by molar-refractivity contribution is 0.0590. The molecule has 4 fully saturated rings. The molecule has 11 heavy (non-hydrogen) atoms. The average Bonchev–Trinajstić information content (AvgIpc) is 2.84. The third-order valence-corrected chi connectivity index (χ3v) is 4.46. The van der Waals surface area contributed by atoms with Crippen LogP contribution < -0.4 is 0 Å². The summed E-state index contributed by atoms with van der Waals surface area (Å²) in [6, 6.07) is 2.32. The quantitative estimate of drug-likeness (QED) is 0.533. The maximum atomic E-state index is 9.70. The molecule has 1 N–H and O–H groups in total. The molecule has 2 nitrogen and oxygen atoms in total. The van der Waals surface area contributed by atoms with Gasteiger partial charge in [-0.25, -0.2) is 0 Å². The van der Waals surface area contributed by atoms with Crippen molar-refractivity contribution in [3.8, 4) is 6.07 Å². The Hall–Kier alpha value is -0.550. The van der Waals surface area contributed by atoms with Crippen molar-refractivity contribution >= 4 is 0 Å². The fourth-order valence-electron chi connectivity index (χ4n) is 3.83. The highest BCUT2D eigenvalue weighted by Crippen LogP contribution is 2.87. The first kappa shape index (κ1) is 5.16. The van der Waals surface area contributed by atoms with Crippen LogP contribution in [0.5, 0.6) is 0 Å². The van der Waals surface area contributed by atoms with Crippen LogP contribution >= 0.6 is 0 Å². The topological polar surface area (TPSA) is 44.0 Å². The van der Waals surface area contributed by atoms with Gasteiger partial charge in [0.05, 0.1) is 18.1 Å². The molecule has 0 radical (unpaired) electrons. The van der Waals surface area contributed by atoms with Crippen LogP contribution in [0.3, 0.4) is 0 Å². The van der Waals surface area contributed by atoms with Crippen LogP contribution in [0.2, 0.25) is 0 Å². The molecule has 4 aliphatic carbocycles. The number of aliphatic hydroxyl groups excluding tert-OH is 1. The van der Waals surface area contributed by atoms with Gasteiger partial charge in [0.15, 0.2) is 0 Å². The molecule has 4 saturated carbocycles. The van der Waals surface area contributed by atoms with Crippen molar-refractivity contribution in [2.45, 2.75) is 6.10 Å². The second-order valence-electron chi connectivity index (χ2n) is 4.61. The summed E-state index contributed by atoms with van der Waals surface area (Å²) in [5, 5.41) is 18.4. The minimum Gasteiger partial charge on any atom is -0.392 e. The molecule has 0 heterocycles. The van der Waals surface area contributed by atoms with Crippen LogP contribution in [-0.2, 0) is 0 Å².